The summed E-state index contributed by atoms with van der Waals surface area (Å²) in [4.78, 5) is 14.2. The zero-order valence-electron chi connectivity index (χ0n) is 12.1. The van der Waals surface area contributed by atoms with E-state index in [-0.39, 0.29) is 29.2 Å². The molecule has 2 rings (SSSR count). The Balaban J connectivity index is 2.35. The van der Waals surface area contributed by atoms with E-state index >= 15 is 0 Å². The molecule has 1 heterocycles. The average Bonchev–Trinajstić information content (AvgIpc) is 2.37. The molecule has 6 heteroatoms. The number of hydrogen-bond donors (Lipinski definition) is 1. The van der Waals surface area contributed by atoms with Crippen LogP contribution < -0.4 is 5.73 Å². The highest BCUT2D eigenvalue weighted by Gasteiger charge is 2.35. The van der Waals surface area contributed by atoms with Crippen molar-refractivity contribution < 1.29 is 18.0 Å². The molecule has 0 aromatic heterocycles. The molecule has 2 atom stereocenters. The molecular formula is C15H19F3N2O. The number of rotatable bonds is 1. The van der Waals surface area contributed by atoms with Gasteiger partial charge >= 0.3 is 6.18 Å². The lowest BCUT2D eigenvalue weighted by molar-refractivity contribution is -0.136. The van der Waals surface area contributed by atoms with Gasteiger partial charge in [0.1, 0.15) is 0 Å². The zero-order chi connectivity index (χ0) is 15.8. The number of alkyl halides is 3. The number of hydrogen-bond acceptors (Lipinski definition) is 2. The minimum absolute atomic E-state index is 0.0353. The number of benzene rings is 1. The van der Waals surface area contributed by atoms with Gasteiger partial charge < -0.3 is 10.6 Å². The minimum Gasteiger partial charge on any atom is -0.398 e. The van der Waals surface area contributed by atoms with E-state index in [0.717, 1.165) is 31.4 Å². The van der Waals surface area contributed by atoms with Gasteiger partial charge in [0.05, 0.1) is 5.56 Å². The highest BCUT2D eigenvalue weighted by atomic mass is 19.4. The third kappa shape index (κ3) is 3.14. The number of anilines is 1. The number of nitrogens with two attached hydrogens (primary N) is 1. The van der Waals surface area contributed by atoms with Crippen molar-refractivity contribution in [3.63, 3.8) is 0 Å². The number of carbonyl (C=O) groups is 1. The summed E-state index contributed by atoms with van der Waals surface area (Å²) < 4.78 is 38.6. The minimum atomic E-state index is -4.56. The Morgan fingerprint density at radius 3 is 2.33 bits per heavy atom. The molecule has 1 aliphatic rings. The van der Waals surface area contributed by atoms with Crippen LogP contribution in [0, 0.1) is 0 Å². The van der Waals surface area contributed by atoms with Gasteiger partial charge in [-0.05, 0) is 51.3 Å². The molecule has 0 aliphatic carbocycles. The average molecular weight is 300 g/mol. The van der Waals surface area contributed by atoms with Crippen molar-refractivity contribution in [3.8, 4) is 0 Å². The molecule has 1 amide bonds. The van der Waals surface area contributed by atoms with E-state index in [1.54, 1.807) is 4.90 Å². The summed E-state index contributed by atoms with van der Waals surface area (Å²) in [7, 11) is 0. The molecule has 1 saturated heterocycles. The monoisotopic (exact) mass is 300 g/mol. The normalized spacial score (nSPS) is 23.2. The van der Waals surface area contributed by atoms with E-state index in [2.05, 4.69) is 0 Å². The molecule has 0 bridgehead atoms. The van der Waals surface area contributed by atoms with E-state index in [1.807, 2.05) is 13.8 Å². The lowest BCUT2D eigenvalue weighted by Gasteiger charge is -2.39. The topological polar surface area (TPSA) is 46.3 Å². The van der Waals surface area contributed by atoms with Crippen molar-refractivity contribution >= 4 is 11.6 Å². The third-order valence-corrected chi connectivity index (χ3v) is 4.03. The Kier molecular flexibility index (Phi) is 4.16. The number of piperidine rings is 1. The predicted octanol–water partition coefficient (Wildman–Crippen LogP) is 3.69. The Bertz CT molecular complexity index is 532. The SMILES string of the molecule is C[C@@H]1CCC[C@H](C)N1C(=O)c1ccc(N)c(C(F)(F)F)c1. The highest BCUT2D eigenvalue weighted by Crippen LogP contribution is 2.34. The number of likely N-dealkylation sites (tertiary alicyclic amines) is 1. The summed E-state index contributed by atoms with van der Waals surface area (Å²) in [6.07, 6.45) is -1.78. The fourth-order valence-corrected chi connectivity index (χ4v) is 2.91. The van der Waals surface area contributed by atoms with Crippen LogP contribution in [-0.2, 0) is 6.18 Å². The molecule has 1 fully saturated rings. The van der Waals surface area contributed by atoms with Crippen LogP contribution in [0.1, 0.15) is 49.0 Å². The molecule has 1 aromatic rings. The standard InChI is InChI=1S/C15H19F3N2O/c1-9-4-3-5-10(2)20(9)14(21)11-6-7-13(19)12(8-11)15(16,17)18/h6-10H,3-5,19H2,1-2H3/t9-,10+. The number of nitrogens with zero attached hydrogens (tertiary/aromatic N) is 1. The smallest absolute Gasteiger partial charge is 0.398 e. The van der Waals surface area contributed by atoms with Gasteiger partial charge in [-0.2, -0.15) is 13.2 Å². The Labute approximate surface area is 121 Å². The lowest BCUT2D eigenvalue weighted by Crippen LogP contribution is -2.47. The van der Waals surface area contributed by atoms with Crippen molar-refractivity contribution in [3.05, 3.63) is 29.3 Å². The van der Waals surface area contributed by atoms with Gasteiger partial charge in [0.25, 0.3) is 5.91 Å². The molecular weight excluding hydrogens is 281 g/mol. The molecule has 0 radical (unpaired) electrons. The van der Waals surface area contributed by atoms with Crippen molar-refractivity contribution in [2.75, 3.05) is 5.73 Å². The molecule has 116 valence electrons. The second kappa shape index (κ2) is 5.58. The summed E-state index contributed by atoms with van der Waals surface area (Å²) in [5.41, 5.74) is 4.09. The van der Waals surface area contributed by atoms with E-state index in [0.29, 0.717) is 0 Å². The number of amides is 1. The quantitative estimate of drug-likeness (QED) is 0.804. The maximum absolute atomic E-state index is 12.9. The van der Waals surface area contributed by atoms with Gasteiger partial charge in [-0.3, -0.25) is 4.79 Å². The largest absolute Gasteiger partial charge is 0.418 e. The van der Waals surface area contributed by atoms with Crippen molar-refractivity contribution in [2.24, 2.45) is 0 Å². The molecule has 3 nitrogen and oxygen atoms in total. The van der Waals surface area contributed by atoms with E-state index in [9.17, 15) is 18.0 Å². The van der Waals surface area contributed by atoms with Crippen LogP contribution in [0.15, 0.2) is 18.2 Å². The van der Waals surface area contributed by atoms with Crippen LogP contribution in [0.4, 0.5) is 18.9 Å². The van der Waals surface area contributed by atoms with E-state index in [4.69, 9.17) is 5.73 Å². The molecule has 0 unspecified atom stereocenters. The Hall–Kier alpha value is -1.72. The third-order valence-electron chi connectivity index (χ3n) is 4.03. The number of nitrogen functional groups attached to an aromatic ring is 1. The van der Waals surface area contributed by atoms with E-state index in [1.165, 1.54) is 6.07 Å². The van der Waals surface area contributed by atoms with Crippen molar-refractivity contribution in [1.29, 1.82) is 0 Å². The van der Waals surface area contributed by atoms with Crippen LogP contribution in [-0.4, -0.2) is 22.9 Å². The molecule has 0 spiro atoms. The summed E-state index contributed by atoms with van der Waals surface area (Å²) in [5.74, 6) is -0.361. The van der Waals surface area contributed by atoms with Crippen molar-refractivity contribution in [1.82, 2.24) is 4.90 Å². The predicted molar refractivity (Wildman–Crippen MR) is 74.8 cm³/mol. The maximum Gasteiger partial charge on any atom is 0.418 e. The van der Waals surface area contributed by atoms with Crippen molar-refractivity contribution in [2.45, 2.75) is 51.4 Å². The summed E-state index contributed by atoms with van der Waals surface area (Å²) >= 11 is 0. The fraction of sp³-hybridized carbons (Fsp3) is 0.533. The first-order chi connectivity index (χ1) is 9.71. The first-order valence-corrected chi connectivity index (χ1v) is 7.01. The van der Waals surface area contributed by atoms with E-state index < -0.39 is 11.7 Å². The second-order valence-electron chi connectivity index (χ2n) is 5.64. The summed E-state index contributed by atoms with van der Waals surface area (Å²) in [6, 6.07) is 3.43. The molecule has 1 aliphatic heterocycles. The van der Waals surface area contributed by atoms with Gasteiger partial charge in [-0.1, -0.05) is 0 Å². The summed E-state index contributed by atoms with van der Waals surface area (Å²) in [6.45, 7) is 3.85. The molecule has 2 N–H and O–H groups in total. The number of carbonyl (C=O) groups excluding carboxylic acids is 1. The molecule has 21 heavy (non-hydrogen) atoms. The Morgan fingerprint density at radius 2 is 1.81 bits per heavy atom. The van der Waals surface area contributed by atoms with Crippen LogP contribution in [0.2, 0.25) is 0 Å². The maximum atomic E-state index is 12.9. The van der Waals surface area contributed by atoms with Gasteiger partial charge in [-0.15, -0.1) is 0 Å². The van der Waals surface area contributed by atoms with Crippen LogP contribution >= 0.6 is 0 Å². The summed E-state index contributed by atoms with van der Waals surface area (Å²) in [5, 5.41) is 0. The van der Waals surface area contributed by atoms with Gasteiger partial charge in [0.2, 0.25) is 0 Å². The van der Waals surface area contributed by atoms with Crippen LogP contribution in [0.25, 0.3) is 0 Å². The van der Waals surface area contributed by atoms with Gasteiger partial charge in [0, 0.05) is 23.3 Å². The number of halogens is 3. The fourth-order valence-electron chi connectivity index (χ4n) is 2.91. The molecule has 1 aromatic carbocycles. The van der Waals surface area contributed by atoms with Gasteiger partial charge in [-0.25, -0.2) is 0 Å². The van der Waals surface area contributed by atoms with Crippen LogP contribution in [0.3, 0.4) is 0 Å². The van der Waals surface area contributed by atoms with Gasteiger partial charge in [0.15, 0.2) is 0 Å². The zero-order valence-corrected chi connectivity index (χ0v) is 12.1. The first-order valence-electron chi connectivity index (χ1n) is 7.01. The first kappa shape index (κ1) is 15.7. The molecule has 0 saturated carbocycles. The highest BCUT2D eigenvalue weighted by molar-refractivity contribution is 5.95. The lowest BCUT2D eigenvalue weighted by atomic mass is 9.96. The second-order valence-corrected chi connectivity index (χ2v) is 5.64. The Morgan fingerprint density at radius 1 is 1.24 bits per heavy atom. The van der Waals surface area contributed by atoms with Crippen LogP contribution in [0.5, 0.6) is 0 Å².